The number of hydrogen-bond donors (Lipinski definition) is 1. The van der Waals surface area contributed by atoms with E-state index in [1.807, 2.05) is 10.9 Å². The molecule has 0 saturated carbocycles. The SMILES string of the molecule is CC(C)c1cnn(C2CCCNC2)c1Cl. The van der Waals surface area contributed by atoms with Gasteiger partial charge in [0.05, 0.1) is 12.2 Å². The molecule has 1 aromatic heterocycles. The van der Waals surface area contributed by atoms with E-state index in [1.165, 1.54) is 12.8 Å². The maximum absolute atomic E-state index is 6.33. The summed E-state index contributed by atoms with van der Waals surface area (Å²) < 4.78 is 1.98. The molecule has 1 N–H and O–H groups in total. The monoisotopic (exact) mass is 227 g/mol. The molecule has 15 heavy (non-hydrogen) atoms. The average molecular weight is 228 g/mol. The van der Waals surface area contributed by atoms with E-state index in [2.05, 4.69) is 24.3 Å². The molecular weight excluding hydrogens is 210 g/mol. The summed E-state index contributed by atoms with van der Waals surface area (Å²) in [4.78, 5) is 0. The van der Waals surface area contributed by atoms with Gasteiger partial charge >= 0.3 is 0 Å². The number of halogens is 1. The van der Waals surface area contributed by atoms with Gasteiger partial charge in [-0.05, 0) is 25.3 Å². The summed E-state index contributed by atoms with van der Waals surface area (Å²) in [6, 6.07) is 0.429. The molecule has 1 aliphatic heterocycles. The molecule has 1 aliphatic rings. The second-order valence-corrected chi connectivity index (χ2v) is 4.85. The van der Waals surface area contributed by atoms with Crippen LogP contribution in [0.4, 0.5) is 0 Å². The first-order valence-corrected chi connectivity index (χ1v) is 6.01. The van der Waals surface area contributed by atoms with Gasteiger partial charge < -0.3 is 5.32 Å². The van der Waals surface area contributed by atoms with Crippen molar-refractivity contribution in [2.75, 3.05) is 13.1 Å². The first kappa shape index (κ1) is 11.0. The number of nitrogens with one attached hydrogen (secondary N) is 1. The van der Waals surface area contributed by atoms with Gasteiger partial charge in [-0.2, -0.15) is 5.10 Å². The Hall–Kier alpha value is -0.540. The minimum absolute atomic E-state index is 0.429. The minimum atomic E-state index is 0.429. The molecule has 1 fully saturated rings. The maximum Gasteiger partial charge on any atom is 0.130 e. The molecular formula is C11H18ClN3. The van der Waals surface area contributed by atoms with Gasteiger partial charge in [0.15, 0.2) is 0 Å². The highest BCUT2D eigenvalue weighted by molar-refractivity contribution is 6.30. The number of aromatic nitrogens is 2. The fraction of sp³-hybridized carbons (Fsp3) is 0.727. The Kier molecular flexibility index (Phi) is 3.32. The zero-order chi connectivity index (χ0) is 10.8. The van der Waals surface area contributed by atoms with E-state index >= 15 is 0 Å². The molecule has 0 amide bonds. The van der Waals surface area contributed by atoms with Gasteiger partial charge in [0.2, 0.25) is 0 Å². The fourth-order valence-electron chi connectivity index (χ4n) is 2.04. The van der Waals surface area contributed by atoms with Crippen LogP contribution >= 0.6 is 11.6 Å². The molecule has 1 saturated heterocycles. The van der Waals surface area contributed by atoms with Crippen molar-refractivity contribution >= 4 is 11.6 Å². The molecule has 0 aromatic carbocycles. The highest BCUT2D eigenvalue weighted by Crippen LogP contribution is 2.28. The van der Waals surface area contributed by atoms with Gasteiger partial charge in [0.1, 0.15) is 5.15 Å². The predicted molar refractivity (Wildman–Crippen MR) is 62.5 cm³/mol. The number of hydrogen-bond acceptors (Lipinski definition) is 2. The zero-order valence-corrected chi connectivity index (χ0v) is 10.1. The fourth-order valence-corrected chi connectivity index (χ4v) is 2.49. The molecule has 4 heteroatoms. The van der Waals surface area contributed by atoms with Gasteiger partial charge in [-0.1, -0.05) is 25.4 Å². The summed E-state index contributed by atoms with van der Waals surface area (Å²) in [5.41, 5.74) is 1.15. The van der Waals surface area contributed by atoms with Gasteiger partial charge in [-0.25, -0.2) is 4.68 Å². The molecule has 1 atom stereocenters. The zero-order valence-electron chi connectivity index (χ0n) is 9.33. The first-order chi connectivity index (χ1) is 7.20. The topological polar surface area (TPSA) is 29.9 Å². The Morgan fingerprint density at radius 1 is 1.60 bits per heavy atom. The summed E-state index contributed by atoms with van der Waals surface area (Å²) in [5.74, 6) is 0.447. The highest BCUT2D eigenvalue weighted by Gasteiger charge is 2.20. The van der Waals surface area contributed by atoms with Crippen molar-refractivity contribution in [3.8, 4) is 0 Å². The van der Waals surface area contributed by atoms with Crippen LogP contribution in [0, 0.1) is 0 Å². The van der Waals surface area contributed by atoms with Crippen LogP contribution in [0.2, 0.25) is 5.15 Å². The van der Waals surface area contributed by atoms with Crippen molar-refractivity contribution in [1.29, 1.82) is 0 Å². The largest absolute Gasteiger partial charge is 0.315 e. The van der Waals surface area contributed by atoms with Crippen LogP contribution in [0.3, 0.4) is 0 Å². The average Bonchev–Trinajstić information content (AvgIpc) is 2.61. The molecule has 2 rings (SSSR count). The molecule has 0 aliphatic carbocycles. The van der Waals surface area contributed by atoms with Gasteiger partial charge in [-0.15, -0.1) is 0 Å². The van der Waals surface area contributed by atoms with Crippen molar-refractivity contribution in [2.45, 2.75) is 38.6 Å². The Balaban J connectivity index is 2.20. The summed E-state index contributed by atoms with van der Waals surface area (Å²) >= 11 is 6.33. The van der Waals surface area contributed by atoms with Gasteiger partial charge in [-0.3, -0.25) is 0 Å². The molecule has 3 nitrogen and oxygen atoms in total. The number of nitrogens with zero attached hydrogens (tertiary/aromatic N) is 2. The Morgan fingerprint density at radius 2 is 2.40 bits per heavy atom. The molecule has 84 valence electrons. The Morgan fingerprint density at radius 3 is 2.93 bits per heavy atom. The van der Waals surface area contributed by atoms with E-state index in [0.29, 0.717) is 12.0 Å². The minimum Gasteiger partial charge on any atom is -0.315 e. The second-order valence-electron chi connectivity index (χ2n) is 4.49. The van der Waals surface area contributed by atoms with Crippen molar-refractivity contribution in [1.82, 2.24) is 15.1 Å². The van der Waals surface area contributed by atoms with Crippen LogP contribution in [0.25, 0.3) is 0 Å². The van der Waals surface area contributed by atoms with E-state index in [9.17, 15) is 0 Å². The Bertz CT molecular complexity index is 327. The summed E-state index contributed by atoms with van der Waals surface area (Å²) in [7, 11) is 0. The van der Waals surface area contributed by atoms with Crippen molar-refractivity contribution in [3.05, 3.63) is 16.9 Å². The Labute approximate surface area is 95.8 Å². The van der Waals surface area contributed by atoms with E-state index in [0.717, 1.165) is 23.8 Å². The third-order valence-corrected chi connectivity index (χ3v) is 3.39. The van der Waals surface area contributed by atoms with Crippen molar-refractivity contribution in [2.24, 2.45) is 0 Å². The van der Waals surface area contributed by atoms with Crippen LogP contribution in [0.15, 0.2) is 6.20 Å². The van der Waals surface area contributed by atoms with Crippen molar-refractivity contribution in [3.63, 3.8) is 0 Å². The van der Waals surface area contributed by atoms with E-state index in [-0.39, 0.29) is 0 Å². The third-order valence-electron chi connectivity index (χ3n) is 3.00. The lowest BCUT2D eigenvalue weighted by Gasteiger charge is -2.23. The first-order valence-electron chi connectivity index (χ1n) is 5.63. The lowest BCUT2D eigenvalue weighted by atomic mass is 10.1. The normalized spacial score (nSPS) is 22.3. The standard InChI is InChI=1S/C11H18ClN3/c1-8(2)10-7-14-15(11(10)12)9-4-3-5-13-6-9/h7-9,13H,3-6H2,1-2H3. The van der Waals surface area contributed by atoms with Crippen LogP contribution in [0.1, 0.15) is 44.2 Å². The molecule has 0 spiro atoms. The van der Waals surface area contributed by atoms with E-state index in [1.54, 1.807) is 0 Å². The van der Waals surface area contributed by atoms with Crippen molar-refractivity contribution < 1.29 is 0 Å². The molecule has 1 unspecified atom stereocenters. The van der Waals surface area contributed by atoms with E-state index in [4.69, 9.17) is 11.6 Å². The van der Waals surface area contributed by atoms with Crippen LogP contribution in [-0.4, -0.2) is 22.9 Å². The van der Waals surface area contributed by atoms with Crippen LogP contribution in [-0.2, 0) is 0 Å². The quantitative estimate of drug-likeness (QED) is 0.842. The summed E-state index contributed by atoms with van der Waals surface area (Å²) in [6.45, 7) is 6.39. The molecule has 2 heterocycles. The van der Waals surface area contributed by atoms with Crippen LogP contribution in [0.5, 0.6) is 0 Å². The second kappa shape index (κ2) is 4.54. The van der Waals surface area contributed by atoms with Gasteiger partial charge in [0.25, 0.3) is 0 Å². The highest BCUT2D eigenvalue weighted by atomic mass is 35.5. The smallest absolute Gasteiger partial charge is 0.130 e. The lowest BCUT2D eigenvalue weighted by molar-refractivity contribution is 0.347. The number of rotatable bonds is 2. The number of piperidine rings is 1. The summed E-state index contributed by atoms with van der Waals surface area (Å²) in [5, 5.41) is 8.60. The molecule has 0 radical (unpaired) electrons. The lowest BCUT2D eigenvalue weighted by Crippen LogP contribution is -2.32. The maximum atomic E-state index is 6.33. The summed E-state index contributed by atoms with van der Waals surface area (Å²) in [6.07, 6.45) is 4.28. The van der Waals surface area contributed by atoms with Crippen LogP contribution < -0.4 is 5.32 Å². The van der Waals surface area contributed by atoms with E-state index < -0.39 is 0 Å². The predicted octanol–water partition coefficient (Wildman–Crippen LogP) is 2.58. The molecule has 1 aromatic rings. The third kappa shape index (κ3) is 2.18. The molecule has 0 bridgehead atoms. The van der Waals surface area contributed by atoms with Gasteiger partial charge in [0, 0.05) is 12.1 Å².